The Balaban J connectivity index is 1.65. The van der Waals surface area contributed by atoms with Crippen LogP contribution in [0.2, 0.25) is 0 Å². The molecule has 0 N–H and O–H groups in total. The highest BCUT2D eigenvalue weighted by Crippen LogP contribution is 2.69. The first-order chi connectivity index (χ1) is 12.6. The summed E-state index contributed by atoms with van der Waals surface area (Å²) in [5.41, 5.74) is 2.03. The number of carbonyl (C=O) groups excluding carboxylic acids is 1. The largest absolute Gasteiger partial charge is 0.497 e. The molecule has 1 amide bonds. The van der Waals surface area contributed by atoms with Crippen molar-refractivity contribution in [1.82, 2.24) is 0 Å². The van der Waals surface area contributed by atoms with E-state index in [4.69, 9.17) is 9.47 Å². The normalized spacial score (nSPS) is 27.5. The number of amides is 1. The van der Waals surface area contributed by atoms with Crippen molar-refractivity contribution < 1.29 is 14.3 Å². The summed E-state index contributed by atoms with van der Waals surface area (Å²) in [6, 6.07) is 16.0. The molecule has 1 saturated carbocycles. The number of hydrogen-bond acceptors (Lipinski definition) is 3. The summed E-state index contributed by atoms with van der Waals surface area (Å²) in [6.07, 6.45) is 5.51. The molecule has 132 valence electrons. The van der Waals surface area contributed by atoms with Gasteiger partial charge in [0.1, 0.15) is 11.8 Å². The van der Waals surface area contributed by atoms with Gasteiger partial charge in [-0.05, 0) is 55.7 Å². The molecule has 2 fully saturated rings. The quantitative estimate of drug-likeness (QED) is 0.844. The number of rotatable bonds is 3. The molecular formula is C22H21NO3. The summed E-state index contributed by atoms with van der Waals surface area (Å²) in [7, 11) is 1.66. The van der Waals surface area contributed by atoms with E-state index in [1.807, 2.05) is 47.4 Å². The van der Waals surface area contributed by atoms with Crippen LogP contribution in [-0.2, 0) is 15.1 Å². The predicted octanol–water partition coefficient (Wildman–Crippen LogP) is 3.94. The highest BCUT2D eigenvalue weighted by atomic mass is 16.5. The SMILES string of the molecule is COc1ccc([C@@]23OC=C[C@@H]2N(c2ccc(C)cc2)C(=O)C32CC2)cc1. The van der Waals surface area contributed by atoms with Gasteiger partial charge >= 0.3 is 0 Å². The fourth-order valence-electron chi connectivity index (χ4n) is 4.65. The van der Waals surface area contributed by atoms with Gasteiger partial charge < -0.3 is 14.4 Å². The van der Waals surface area contributed by atoms with Gasteiger partial charge in [0.05, 0.1) is 18.8 Å². The van der Waals surface area contributed by atoms with Crippen LogP contribution in [0.25, 0.3) is 0 Å². The van der Waals surface area contributed by atoms with Crippen LogP contribution >= 0.6 is 0 Å². The van der Waals surface area contributed by atoms with Gasteiger partial charge in [0.15, 0.2) is 5.60 Å². The molecular weight excluding hydrogens is 326 g/mol. The van der Waals surface area contributed by atoms with E-state index in [1.165, 1.54) is 5.56 Å². The Labute approximate surface area is 153 Å². The topological polar surface area (TPSA) is 38.8 Å². The minimum absolute atomic E-state index is 0.131. The van der Waals surface area contributed by atoms with Crippen LogP contribution in [-0.4, -0.2) is 19.1 Å². The average Bonchev–Trinajstić information content (AvgIpc) is 3.33. The number of fused-ring (bicyclic) bond motifs is 2. The molecule has 4 heteroatoms. The molecule has 2 aliphatic heterocycles. The maximum absolute atomic E-state index is 13.5. The van der Waals surface area contributed by atoms with Crippen molar-refractivity contribution in [3.63, 3.8) is 0 Å². The second-order valence-electron chi connectivity index (χ2n) is 7.45. The lowest BCUT2D eigenvalue weighted by Gasteiger charge is -2.34. The first-order valence-electron chi connectivity index (χ1n) is 9.02. The van der Waals surface area contributed by atoms with Gasteiger partial charge in [-0.15, -0.1) is 0 Å². The van der Waals surface area contributed by atoms with E-state index in [9.17, 15) is 4.79 Å². The van der Waals surface area contributed by atoms with Crippen LogP contribution in [0.5, 0.6) is 5.75 Å². The van der Waals surface area contributed by atoms with Crippen molar-refractivity contribution in [1.29, 1.82) is 0 Å². The Bertz CT molecular complexity index is 896. The maximum Gasteiger partial charge on any atom is 0.238 e. The van der Waals surface area contributed by atoms with Crippen LogP contribution in [0, 0.1) is 12.3 Å². The highest BCUT2D eigenvalue weighted by molar-refractivity contribution is 6.05. The summed E-state index contributed by atoms with van der Waals surface area (Å²) in [5.74, 6) is 0.976. The Hall–Kier alpha value is -2.75. The first-order valence-corrected chi connectivity index (χ1v) is 9.02. The van der Waals surface area contributed by atoms with Crippen molar-refractivity contribution >= 4 is 11.6 Å². The summed E-state index contributed by atoms with van der Waals surface area (Å²) in [6.45, 7) is 2.05. The molecule has 2 atom stereocenters. The molecule has 0 radical (unpaired) electrons. The highest BCUT2D eigenvalue weighted by Gasteiger charge is 2.77. The van der Waals surface area contributed by atoms with Crippen LogP contribution in [0.1, 0.15) is 24.0 Å². The van der Waals surface area contributed by atoms with Crippen LogP contribution in [0.4, 0.5) is 5.69 Å². The molecule has 0 bridgehead atoms. The number of methoxy groups -OCH3 is 1. The molecule has 3 aliphatic rings. The van der Waals surface area contributed by atoms with Crippen LogP contribution in [0.15, 0.2) is 60.9 Å². The molecule has 2 heterocycles. The Kier molecular flexibility index (Phi) is 3.06. The lowest BCUT2D eigenvalue weighted by molar-refractivity contribution is -0.127. The molecule has 1 spiro atoms. The van der Waals surface area contributed by atoms with Gasteiger partial charge in [-0.25, -0.2) is 0 Å². The van der Waals surface area contributed by atoms with Crippen LogP contribution < -0.4 is 9.64 Å². The Morgan fingerprint density at radius 1 is 1.08 bits per heavy atom. The lowest BCUT2D eigenvalue weighted by atomic mass is 9.77. The van der Waals surface area contributed by atoms with Gasteiger partial charge in [-0.2, -0.15) is 0 Å². The number of hydrogen-bond donors (Lipinski definition) is 0. The zero-order chi connectivity index (χ0) is 17.9. The summed E-state index contributed by atoms with van der Waals surface area (Å²) in [4.78, 5) is 15.4. The van der Waals surface area contributed by atoms with Crippen molar-refractivity contribution in [2.75, 3.05) is 12.0 Å². The number of benzene rings is 2. The van der Waals surface area contributed by atoms with E-state index in [2.05, 4.69) is 19.1 Å². The van der Waals surface area contributed by atoms with Crippen molar-refractivity contribution in [3.8, 4) is 5.75 Å². The second kappa shape index (κ2) is 5.13. The number of anilines is 1. The molecule has 4 nitrogen and oxygen atoms in total. The third kappa shape index (κ3) is 1.77. The third-order valence-corrected chi connectivity index (χ3v) is 6.13. The second-order valence-corrected chi connectivity index (χ2v) is 7.45. The first kappa shape index (κ1) is 15.5. The average molecular weight is 347 g/mol. The molecule has 0 aromatic heterocycles. The number of ether oxygens (including phenoxy) is 2. The summed E-state index contributed by atoms with van der Waals surface area (Å²) < 4.78 is 11.6. The molecule has 2 aromatic rings. The molecule has 0 unspecified atom stereocenters. The number of carbonyl (C=O) groups is 1. The van der Waals surface area contributed by atoms with E-state index in [0.717, 1.165) is 29.8 Å². The zero-order valence-electron chi connectivity index (χ0n) is 14.9. The number of aryl methyl sites for hydroxylation is 1. The standard InChI is InChI=1S/C22H21NO3/c1-15-3-7-17(8-4-15)23-19-11-14-26-22(19,21(12-13-21)20(23)24)16-5-9-18(25-2)10-6-16/h3-11,14,19H,12-13H2,1-2H3/t19-,22+/m0/s1. The molecule has 1 saturated heterocycles. The molecule has 26 heavy (non-hydrogen) atoms. The van der Waals surface area contributed by atoms with Crippen molar-refractivity contribution in [2.45, 2.75) is 31.4 Å². The van der Waals surface area contributed by atoms with Gasteiger partial charge in [0.2, 0.25) is 5.91 Å². The maximum atomic E-state index is 13.5. The Morgan fingerprint density at radius 3 is 2.38 bits per heavy atom. The minimum atomic E-state index is -0.652. The van der Waals surface area contributed by atoms with Crippen molar-refractivity contribution in [2.24, 2.45) is 5.41 Å². The summed E-state index contributed by atoms with van der Waals surface area (Å²) >= 11 is 0. The zero-order valence-corrected chi connectivity index (χ0v) is 14.9. The van der Waals surface area contributed by atoms with Gasteiger partial charge in [0.25, 0.3) is 0 Å². The predicted molar refractivity (Wildman–Crippen MR) is 99.0 cm³/mol. The third-order valence-electron chi connectivity index (χ3n) is 6.13. The molecule has 5 rings (SSSR count). The van der Waals surface area contributed by atoms with E-state index < -0.39 is 11.0 Å². The Morgan fingerprint density at radius 2 is 1.77 bits per heavy atom. The molecule has 1 aliphatic carbocycles. The molecule has 2 aromatic carbocycles. The van der Waals surface area contributed by atoms with Crippen molar-refractivity contribution in [3.05, 3.63) is 72.0 Å². The fourth-order valence-corrected chi connectivity index (χ4v) is 4.65. The minimum Gasteiger partial charge on any atom is -0.497 e. The van der Waals surface area contributed by atoms with E-state index in [1.54, 1.807) is 13.4 Å². The fraction of sp³-hybridized carbons (Fsp3) is 0.318. The smallest absolute Gasteiger partial charge is 0.238 e. The van der Waals surface area contributed by atoms with E-state index >= 15 is 0 Å². The van der Waals surface area contributed by atoms with E-state index in [-0.39, 0.29) is 11.9 Å². The van der Waals surface area contributed by atoms with Gasteiger partial charge in [0, 0.05) is 5.69 Å². The monoisotopic (exact) mass is 347 g/mol. The van der Waals surface area contributed by atoms with E-state index in [0.29, 0.717) is 0 Å². The van der Waals surface area contributed by atoms with Gasteiger partial charge in [-0.1, -0.05) is 29.8 Å². The lowest BCUT2D eigenvalue weighted by Crippen LogP contribution is -2.43. The van der Waals surface area contributed by atoms with Gasteiger partial charge in [-0.3, -0.25) is 4.79 Å². The van der Waals surface area contributed by atoms with Crippen LogP contribution in [0.3, 0.4) is 0 Å². The number of nitrogens with zero attached hydrogens (tertiary/aromatic N) is 1. The summed E-state index contributed by atoms with van der Waals surface area (Å²) in [5, 5.41) is 0.